The number of nitrogens with zero attached hydrogens (tertiary/aromatic N) is 2. The Bertz CT molecular complexity index is 843. The number of anilines is 1. The van der Waals surface area contributed by atoms with Gasteiger partial charge in [-0.1, -0.05) is 18.2 Å². The molecule has 2 rings (SSSR count). The van der Waals surface area contributed by atoms with Gasteiger partial charge in [-0.2, -0.15) is 0 Å². The summed E-state index contributed by atoms with van der Waals surface area (Å²) in [6.07, 6.45) is 2.72. The molecule has 0 unspecified atom stereocenters. The van der Waals surface area contributed by atoms with Crippen molar-refractivity contribution in [2.75, 3.05) is 17.6 Å². The Morgan fingerprint density at radius 3 is 2.39 bits per heavy atom. The van der Waals surface area contributed by atoms with Crippen LogP contribution in [-0.4, -0.2) is 39.0 Å². The molecule has 0 atom stereocenters. The average molecular weight is 332 g/mol. The van der Waals surface area contributed by atoms with E-state index in [0.717, 1.165) is 11.8 Å². The zero-order valence-corrected chi connectivity index (χ0v) is 13.5. The molecule has 0 aromatic heterocycles. The minimum absolute atomic E-state index is 0.207. The molecule has 0 aliphatic carbocycles. The van der Waals surface area contributed by atoms with Crippen LogP contribution in [0.4, 0.5) is 11.4 Å². The minimum Gasteiger partial charge on any atom is -0.478 e. The molecule has 2 aromatic carbocycles. The van der Waals surface area contributed by atoms with Crippen molar-refractivity contribution in [1.82, 2.24) is 0 Å². The molecule has 7 heteroatoms. The van der Waals surface area contributed by atoms with E-state index in [1.165, 1.54) is 23.5 Å². The molecular weight excluding hydrogens is 316 g/mol. The zero-order valence-electron chi connectivity index (χ0n) is 12.7. The van der Waals surface area contributed by atoms with Gasteiger partial charge in [-0.15, -0.1) is 0 Å². The first kappa shape index (κ1) is 16.7. The number of rotatable bonds is 5. The minimum atomic E-state index is -3.33. The van der Waals surface area contributed by atoms with Crippen LogP contribution < -0.4 is 4.31 Å². The lowest BCUT2D eigenvalue weighted by molar-refractivity contribution is 0.0697. The SMILES string of the molecule is CN(c1cccc(N=Cc2ccc(C(=O)O)cc2)c1)S(C)(=O)=O. The number of hydrogen-bond donors (Lipinski definition) is 1. The van der Waals surface area contributed by atoms with Crippen molar-refractivity contribution in [2.24, 2.45) is 4.99 Å². The Balaban J connectivity index is 2.21. The first-order valence-corrected chi connectivity index (χ1v) is 8.53. The number of carboxylic acid groups (broad SMARTS) is 1. The first-order valence-electron chi connectivity index (χ1n) is 6.69. The van der Waals surface area contributed by atoms with Gasteiger partial charge in [0.05, 0.1) is 23.2 Å². The maximum Gasteiger partial charge on any atom is 0.335 e. The molecule has 120 valence electrons. The van der Waals surface area contributed by atoms with Gasteiger partial charge in [0.25, 0.3) is 0 Å². The van der Waals surface area contributed by atoms with Crippen molar-refractivity contribution in [1.29, 1.82) is 0 Å². The second-order valence-electron chi connectivity index (χ2n) is 4.94. The molecule has 0 heterocycles. The van der Waals surface area contributed by atoms with Gasteiger partial charge in [-0.25, -0.2) is 13.2 Å². The molecule has 0 amide bonds. The molecule has 6 nitrogen and oxygen atoms in total. The van der Waals surface area contributed by atoms with Crippen molar-refractivity contribution in [3.63, 3.8) is 0 Å². The lowest BCUT2D eigenvalue weighted by Crippen LogP contribution is -2.24. The van der Waals surface area contributed by atoms with Crippen molar-refractivity contribution >= 4 is 33.6 Å². The van der Waals surface area contributed by atoms with E-state index in [0.29, 0.717) is 11.4 Å². The first-order chi connectivity index (χ1) is 10.8. The number of carboxylic acids is 1. The van der Waals surface area contributed by atoms with Crippen molar-refractivity contribution in [3.05, 3.63) is 59.7 Å². The van der Waals surface area contributed by atoms with Gasteiger partial charge in [0.15, 0.2) is 0 Å². The largest absolute Gasteiger partial charge is 0.478 e. The highest BCUT2D eigenvalue weighted by atomic mass is 32.2. The van der Waals surface area contributed by atoms with E-state index in [4.69, 9.17) is 5.11 Å². The lowest BCUT2D eigenvalue weighted by atomic mass is 10.1. The third-order valence-corrected chi connectivity index (χ3v) is 4.42. The van der Waals surface area contributed by atoms with Gasteiger partial charge >= 0.3 is 5.97 Å². The van der Waals surface area contributed by atoms with Gasteiger partial charge < -0.3 is 5.11 Å². The van der Waals surface area contributed by atoms with Crippen LogP contribution in [0.15, 0.2) is 53.5 Å². The van der Waals surface area contributed by atoms with Crippen LogP contribution >= 0.6 is 0 Å². The quantitative estimate of drug-likeness (QED) is 0.852. The van der Waals surface area contributed by atoms with Crippen LogP contribution in [0.3, 0.4) is 0 Å². The maximum absolute atomic E-state index is 11.5. The fraction of sp³-hybridized carbons (Fsp3) is 0.125. The average Bonchev–Trinajstić information content (AvgIpc) is 2.52. The zero-order chi connectivity index (χ0) is 17.0. The number of benzene rings is 2. The van der Waals surface area contributed by atoms with Gasteiger partial charge in [0.2, 0.25) is 10.0 Å². The number of hydrogen-bond acceptors (Lipinski definition) is 4. The predicted octanol–water partition coefficient (Wildman–Crippen LogP) is 2.53. The maximum atomic E-state index is 11.5. The Hall–Kier alpha value is -2.67. The molecule has 0 saturated heterocycles. The predicted molar refractivity (Wildman–Crippen MR) is 90.3 cm³/mol. The summed E-state index contributed by atoms with van der Waals surface area (Å²) in [5.41, 5.74) is 2.07. The molecule has 0 bridgehead atoms. The van der Waals surface area contributed by atoms with Gasteiger partial charge in [-0.05, 0) is 35.9 Å². The molecule has 0 fully saturated rings. The van der Waals surface area contributed by atoms with E-state index in [2.05, 4.69) is 4.99 Å². The van der Waals surface area contributed by atoms with Crippen LogP contribution in [0, 0.1) is 0 Å². The molecule has 0 spiro atoms. The molecule has 0 aliphatic heterocycles. The topological polar surface area (TPSA) is 87.0 Å². The molecule has 0 radical (unpaired) electrons. The van der Waals surface area contributed by atoms with Gasteiger partial charge in [-0.3, -0.25) is 9.30 Å². The second kappa shape index (κ2) is 6.62. The van der Waals surface area contributed by atoms with Crippen LogP contribution in [0.5, 0.6) is 0 Å². The Morgan fingerprint density at radius 1 is 1.17 bits per heavy atom. The van der Waals surface area contributed by atoms with E-state index in [-0.39, 0.29) is 5.56 Å². The summed E-state index contributed by atoms with van der Waals surface area (Å²) in [6, 6.07) is 13.1. The molecule has 2 aromatic rings. The summed E-state index contributed by atoms with van der Waals surface area (Å²) in [5.74, 6) is -0.981. The number of aromatic carboxylic acids is 1. The summed E-state index contributed by atoms with van der Waals surface area (Å²) in [6.45, 7) is 0. The fourth-order valence-electron chi connectivity index (χ4n) is 1.82. The van der Waals surface area contributed by atoms with Gasteiger partial charge in [0, 0.05) is 13.3 Å². The van der Waals surface area contributed by atoms with Crippen molar-refractivity contribution in [3.8, 4) is 0 Å². The highest BCUT2D eigenvalue weighted by molar-refractivity contribution is 7.92. The monoisotopic (exact) mass is 332 g/mol. The third kappa shape index (κ3) is 4.40. The Labute approximate surface area is 134 Å². The van der Waals surface area contributed by atoms with E-state index in [1.807, 2.05) is 0 Å². The van der Waals surface area contributed by atoms with Crippen molar-refractivity contribution in [2.45, 2.75) is 0 Å². The summed E-state index contributed by atoms with van der Waals surface area (Å²) in [7, 11) is -1.85. The van der Waals surface area contributed by atoms with E-state index >= 15 is 0 Å². The van der Waals surface area contributed by atoms with Crippen LogP contribution in [0.1, 0.15) is 15.9 Å². The van der Waals surface area contributed by atoms with Crippen molar-refractivity contribution < 1.29 is 18.3 Å². The molecule has 1 N–H and O–H groups in total. The molecule has 0 saturated carbocycles. The highest BCUT2D eigenvalue weighted by Gasteiger charge is 2.11. The number of carbonyl (C=O) groups is 1. The number of sulfonamides is 1. The fourth-order valence-corrected chi connectivity index (χ4v) is 2.32. The van der Waals surface area contributed by atoms with Gasteiger partial charge in [0.1, 0.15) is 0 Å². The lowest BCUT2D eigenvalue weighted by Gasteiger charge is -2.16. The van der Waals surface area contributed by atoms with E-state index in [1.54, 1.807) is 42.6 Å². The standard InChI is InChI=1S/C16H16N2O4S/c1-18(23(2,21)22)15-5-3-4-14(10-15)17-11-12-6-8-13(9-7-12)16(19)20/h3-11H,1-2H3,(H,19,20). The van der Waals surface area contributed by atoms with E-state index < -0.39 is 16.0 Å². The smallest absolute Gasteiger partial charge is 0.335 e. The van der Waals surface area contributed by atoms with Crippen LogP contribution in [-0.2, 0) is 10.0 Å². The second-order valence-corrected chi connectivity index (χ2v) is 6.95. The van der Waals surface area contributed by atoms with Crippen LogP contribution in [0.2, 0.25) is 0 Å². The Kier molecular flexibility index (Phi) is 4.80. The summed E-state index contributed by atoms with van der Waals surface area (Å²) in [5, 5.41) is 8.84. The van der Waals surface area contributed by atoms with E-state index in [9.17, 15) is 13.2 Å². The summed E-state index contributed by atoms with van der Waals surface area (Å²) < 4.78 is 24.3. The molecule has 23 heavy (non-hydrogen) atoms. The number of aliphatic imine (C=N–C) groups is 1. The normalized spacial score (nSPS) is 11.6. The highest BCUT2D eigenvalue weighted by Crippen LogP contribution is 2.22. The summed E-state index contributed by atoms with van der Waals surface area (Å²) in [4.78, 5) is 15.1. The third-order valence-electron chi connectivity index (χ3n) is 3.21. The molecule has 0 aliphatic rings. The summed E-state index contributed by atoms with van der Waals surface area (Å²) >= 11 is 0. The van der Waals surface area contributed by atoms with Crippen LogP contribution in [0.25, 0.3) is 0 Å². The Morgan fingerprint density at radius 2 is 1.83 bits per heavy atom. The molecular formula is C16H16N2O4S.